The van der Waals surface area contributed by atoms with Crippen LogP contribution in [-0.2, 0) is 28.6 Å². The number of unbranched alkanes of at least 4 members (excludes halogenated alkanes) is 13. The molecule has 310 valence electrons. The van der Waals surface area contributed by atoms with Gasteiger partial charge in [-0.25, -0.2) is 4.79 Å². The van der Waals surface area contributed by atoms with E-state index in [1.165, 1.54) is 57.8 Å². The minimum Gasteiger partial charge on any atom is -0.477 e. The van der Waals surface area contributed by atoms with Gasteiger partial charge in [-0.3, -0.25) is 9.59 Å². The number of carbonyl (C=O) groups excluding carboxylic acids is 2. The molecular weight excluding hydrogens is 679 g/mol. The summed E-state index contributed by atoms with van der Waals surface area (Å²) in [5.41, 5.74) is 0. The predicted octanol–water partition coefficient (Wildman–Crippen LogP) is 11.4. The number of carbonyl (C=O) groups is 3. The lowest BCUT2D eigenvalue weighted by Crippen LogP contribution is -2.50. The highest BCUT2D eigenvalue weighted by molar-refractivity contribution is 5.72. The van der Waals surface area contributed by atoms with Gasteiger partial charge in [0.1, 0.15) is 6.61 Å². The SMILES string of the molecule is CC/C=C/C/C=C/C/C=C/CCCCCCCCCCCCCC(=O)OCC(COCCC(C(=O)O)[N+](C)(C)C)OC(=O)CCCC/C=C/C/C=C/CC. The smallest absolute Gasteiger partial charge is 0.362 e. The lowest BCUT2D eigenvalue weighted by Gasteiger charge is -2.31. The molecule has 0 aromatic heterocycles. The maximum Gasteiger partial charge on any atom is 0.362 e. The van der Waals surface area contributed by atoms with E-state index in [2.05, 4.69) is 74.6 Å². The number of aliphatic carboxylic acids is 1. The Kier molecular flexibility index (Phi) is 34.9. The fourth-order valence-corrected chi connectivity index (χ4v) is 5.91. The van der Waals surface area contributed by atoms with Gasteiger partial charge < -0.3 is 23.8 Å². The van der Waals surface area contributed by atoms with E-state index in [-0.39, 0.29) is 42.7 Å². The first-order valence-corrected chi connectivity index (χ1v) is 21.3. The van der Waals surface area contributed by atoms with E-state index in [4.69, 9.17) is 14.2 Å². The fraction of sp³-hybridized carbons (Fsp3) is 0.717. The molecule has 0 aliphatic carbocycles. The molecule has 0 heterocycles. The zero-order valence-corrected chi connectivity index (χ0v) is 35.2. The van der Waals surface area contributed by atoms with Gasteiger partial charge in [0.05, 0.1) is 34.4 Å². The van der Waals surface area contributed by atoms with Crippen LogP contribution >= 0.6 is 0 Å². The molecule has 8 nitrogen and oxygen atoms in total. The van der Waals surface area contributed by atoms with Crippen LogP contribution in [0.1, 0.15) is 162 Å². The maximum absolute atomic E-state index is 12.6. The van der Waals surface area contributed by atoms with E-state index < -0.39 is 18.1 Å². The summed E-state index contributed by atoms with van der Waals surface area (Å²) in [6.07, 6.45) is 44.3. The Hall–Kier alpha value is -2.97. The molecule has 0 radical (unpaired) electrons. The number of hydrogen-bond acceptors (Lipinski definition) is 6. The van der Waals surface area contributed by atoms with Crippen LogP contribution in [0.5, 0.6) is 0 Å². The Morgan fingerprint density at radius 3 is 1.48 bits per heavy atom. The largest absolute Gasteiger partial charge is 0.477 e. The average molecular weight is 759 g/mol. The molecule has 2 unspecified atom stereocenters. The number of ether oxygens (including phenoxy) is 3. The zero-order valence-electron chi connectivity index (χ0n) is 35.2. The van der Waals surface area contributed by atoms with Crippen LogP contribution in [0.3, 0.4) is 0 Å². The van der Waals surface area contributed by atoms with Crippen LogP contribution < -0.4 is 0 Å². The normalized spacial score (nSPS) is 13.6. The Bertz CT molecular complexity index is 1070. The molecule has 2 atom stereocenters. The molecule has 0 spiro atoms. The van der Waals surface area contributed by atoms with Gasteiger partial charge in [0, 0.05) is 19.3 Å². The molecule has 1 N–H and O–H groups in total. The monoisotopic (exact) mass is 759 g/mol. The number of likely N-dealkylation sites (N-methyl/N-ethyl adjacent to an activating group) is 1. The Morgan fingerprint density at radius 2 is 0.981 bits per heavy atom. The van der Waals surface area contributed by atoms with Gasteiger partial charge in [-0.1, -0.05) is 132 Å². The molecule has 0 aliphatic heterocycles. The van der Waals surface area contributed by atoms with Gasteiger partial charge in [0.25, 0.3) is 0 Å². The van der Waals surface area contributed by atoms with Crippen LogP contribution in [0.15, 0.2) is 60.8 Å². The van der Waals surface area contributed by atoms with Crippen LogP contribution in [0.2, 0.25) is 0 Å². The second-order valence-corrected chi connectivity index (χ2v) is 15.2. The van der Waals surface area contributed by atoms with E-state index in [1.54, 1.807) is 0 Å². The quantitative estimate of drug-likeness (QED) is 0.0291. The molecule has 8 heteroatoms. The number of carboxylic acid groups (broad SMARTS) is 1. The first kappa shape index (κ1) is 51.0. The summed E-state index contributed by atoms with van der Waals surface area (Å²) in [7, 11) is 5.50. The molecule has 0 saturated carbocycles. The minimum atomic E-state index is -0.883. The number of allylic oxidation sites excluding steroid dienone is 10. The lowest BCUT2D eigenvalue weighted by molar-refractivity contribution is -0.887. The Balaban J connectivity index is 4.24. The number of quaternary nitrogens is 1. The fourth-order valence-electron chi connectivity index (χ4n) is 5.91. The van der Waals surface area contributed by atoms with Crippen LogP contribution in [0.25, 0.3) is 0 Å². The molecule has 0 aromatic rings. The highest BCUT2D eigenvalue weighted by Gasteiger charge is 2.31. The summed E-state index contributed by atoms with van der Waals surface area (Å²) < 4.78 is 17.2. The van der Waals surface area contributed by atoms with E-state index in [1.807, 2.05) is 21.1 Å². The summed E-state index contributed by atoms with van der Waals surface area (Å²) in [5, 5.41) is 9.59. The molecule has 0 rings (SSSR count). The van der Waals surface area contributed by atoms with Crippen molar-refractivity contribution in [3.63, 3.8) is 0 Å². The maximum atomic E-state index is 12.6. The van der Waals surface area contributed by atoms with Crippen molar-refractivity contribution in [1.82, 2.24) is 0 Å². The highest BCUT2D eigenvalue weighted by Crippen LogP contribution is 2.14. The zero-order chi connectivity index (χ0) is 40.0. The van der Waals surface area contributed by atoms with E-state index in [0.29, 0.717) is 19.3 Å². The minimum absolute atomic E-state index is 0.0453. The van der Waals surface area contributed by atoms with Crippen molar-refractivity contribution < 1.29 is 38.2 Å². The summed E-state index contributed by atoms with van der Waals surface area (Å²) in [6, 6.07) is -0.621. The summed E-state index contributed by atoms with van der Waals surface area (Å²) in [5.74, 6) is -1.52. The van der Waals surface area contributed by atoms with Crippen molar-refractivity contribution in [3.05, 3.63) is 60.8 Å². The number of rotatable bonds is 37. The molecule has 0 bridgehead atoms. The number of hydrogen-bond donors (Lipinski definition) is 1. The molecule has 0 aromatic carbocycles. The topological polar surface area (TPSA) is 99.1 Å². The molecule has 54 heavy (non-hydrogen) atoms. The van der Waals surface area contributed by atoms with Crippen LogP contribution in [-0.4, -0.2) is 80.6 Å². The number of nitrogens with zero attached hydrogens (tertiary/aromatic N) is 1. The van der Waals surface area contributed by atoms with Gasteiger partial charge in [0.15, 0.2) is 12.1 Å². The number of esters is 2. The third-order valence-corrected chi connectivity index (χ3v) is 9.16. The molecule has 0 saturated heterocycles. The summed E-state index contributed by atoms with van der Waals surface area (Å²) in [4.78, 5) is 36.8. The van der Waals surface area contributed by atoms with E-state index in [9.17, 15) is 19.5 Å². The summed E-state index contributed by atoms with van der Waals surface area (Å²) in [6.45, 7) is 4.45. The van der Waals surface area contributed by atoms with Crippen molar-refractivity contribution in [1.29, 1.82) is 0 Å². The second-order valence-electron chi connectivity index (χ2n) is 15.2. The van der Waals surface area contributed by atoms with Gasteiger partial charge in [0.2, 0.25) is 0 Å². The van der Waals surface area contributed by atoms with Crippen molar-refractivity contribution in [2.24, 2.45) is 0 Å². The van der Waals surface area contributed by atoms with Crippen molar-refractivity contribution >= 4 is 17.9 Å². The Morgan fingerprint density at radius 1 is 0.556 bits per heavy atom. The third kappa shape index (κ3) is 34.8. The summed E-state index contributed by atoms with van der Waals surface area (Å²) >= 11 is 0. The molecule has 0 aliphatic rings. The van der Waals surface area contributed by atoms with Gasteiger partial charge in [-0.05, 0) is 70.6 Å². The average Bonchev–Trinajstić information content (AvgIpc) is 3.12. The van der Waals surface area contributed by atoms with Crippen LogP contribution in [0.4, 0.5) is 0 Å². The molecular formula is C46H80NO7+. The van der Waals surface area contributed by atoms with Crippen LogP contribution in [0, 0.1) is 0 Å². The van der Waals surface area contributed by atoms with Crippen molar-refractivity contribution in [3.8, 4) is 0 Å². The highest BCUT2D eigenvalue weighted by atomic mass is 16.6. The standard InChI is InChI=1S/C46H79NO7/c1-6-8-10-12-14-16-17-18-19-20-21-22-23-24-25-26-27-29-30-32-34-36-44(48)53-41-42(40-52-39-38-43(46(50)51)47(3,4)5)54-45(49)37-35-33-31-28-15-13-11-9-7-2/h8-11,14-16,18-19,28,42-43H,6-7,12-13,17,20-27,29-41H2,1-5H3/p+1/b10-8+,11-9+,16-14+,19-18+,28-15+. The van der Waals surface area contributed by atoms with E-state index >= 15 is 0 Å². The third-order valence-electron chi connectivity index (χ3n) is 9.16. The van der Waals surface area contributed by atoms with Gasteiger partial charge in [-0.2, -0.15) is 0 Å². The molecule has 0 fully saturated rings. The first-order valence-electron chi connectivity index (χ1n) is 21.3. The van der Waals surface area contributed by atoms with Gasteiger partial charge >= 0.3 is 17.9 Å². The Labute approximate surface area is 330 Å². The van der Waals surface area contributed by atoms with Gasteiger partial charge in [-0.15, -0.1) is 0 Å². The second kappa shape index (κ2) is 37.0. The predicted molar refractivity (Wildman–Crippen MR) is 224 cm³/mol. The molecule has 0 amide bonds. The van der Waals surface area contributed by atoms with E-state index in [0.717, 1.165) is 64.2 Å². The first-order chi connectivity index (χ1) is 26.1. The lowest BCUT2D eigenvalue weighted by atomic mass is 10.0. The van der Waals surface area contributed by atoms with Crippen molar-refractivity contribution in [2.45, 2.75) is 174 Å². The van der Waals surface area contributed by atoms with Crippen molar-refractivity contribution in [2.75, 3.05) is 41.0 Å². The number of carboxylic acids is 1.